The average molecular weight is 343 g/mol. The first-order valence-electron chi connectivity index (χ1n) is 8.78. The molecule has 4 nitrogen and oxygen atoms in total. The third-order valence-electron chi connectivity index (χ3n) is 4.63. The van der Waals surface area contributed by atoms with Crippen molar-refractivity contribution >= 4 is 28.7 Å². The predicted molar refractivity (Wildman–Crippen MR) is 101 cm³/mol. The molecule has 1 aliphatic rings. The minimum atomic E-state index is -0.0267. The van der Waals surface area contributed by atoms with Gasteiger partial charge in [0.1, 0.15) is 0 Å². The first kappa shape index (κ1) is 17.2. The van der Waals surface area contributed by atoms with E-state index in [0.717, 1.165) is 40.0 Å². The maximum atomic E-state index is 12.3. The van der Waals surface area contributed by atoms with E-state index in [1.165, 1.54) is 32.1 Å². The van der Waals surface area contributed by atoms with Crippen molar-refractivity contribution in [3.63, 3.8) is 0 Å². The molecule has 1 amide bonds. The lowest BCUT2D eigenvalue weighted by molar-refractivity contribution is 0.0956. The molecule has 0 bridgehead atoms. The van der Waals surface area contributed by atoms with Crippen LogP contribution in [-0.2, 0) is 0 Å². The molecule has 3 rings (SSSR count). The minimum absolute atomic E-state index is 0.0267. The zero-order valence-electron chi connectivity index (χ0n) is 14.5. The normalized spacial score (nSPS) is 15.6. The first-order valence-corrected chi connectivity index (χ1v) is 9.83. The molecule has 1 aliphatic carbocycles. The number of aromatic nitrogens is 2. The fourth-order valence-corrected chi connectivity index (χ4v) is 4.32. The van der Waals surface area contributed by atoms with Gasteiger partial charge in [0.2, 0.25) is 0 Å². The van der Waals surface area contributed by atoms with Gasteiger partial charge in [0, 0.05) is 23.1 Å². The van der Waals surface area contributed by atoms with E-state index < -0.39 is 0 Å². The van der Waals surface area contributed by atoms with Gasteiger partial charge in [-0.15, -0.1) is 0 Å². The molecule has 1 aromatic heterocycles. The Kier molecular flexibility index (Phi) is 5.72. The molecule has 1 saturated carbocycles. The number of benzene rings is 1. The van der Waals surface area contributed by atoms with Gasteiger partial charge in [-0.3, -0.25) is 4.79 Å². The Morgan fingerprint density at radius 3 is 2.58 bits per heavy atom. The highest BCUT2D eigenvalue weighted by molar-refractivity contribution is 7.99. The van der Waals surface area contributed by atoms with Crippen LogP contribution in [0.15, 0.2) is 18.2 Å². The van der Waals surface area contributed by atoms with Gasteiger partial charge in [0.25, 0.3) is 5.91 Å². The third-order valence-corrected chi connectivity index (χ3v) is 6.01. The summed E-state index contributed by atoms with van der Waals surface area (Å²) in [6.07, 6.45) is 6.78. The van der Waals surface area contributed by atoms with E-state index in [1.807, 2.05) is 43.8 Å². The Morgan fingerprint density at radius 2 is 1.83 bits per heavy atom. The molecule has 0 spiro atoms. The van der Waals surface area contributed by atoms with E-state index in [0.29, 0.717) is 5.56 Å². The molecule has 0 unspecified atom stereocenters. The molecule has 1 N–H and O–H groups in total. The summed E-state index contributed by atoms with van der Waals surface area (Å²) < 4.78 is 0. The Labute approximate surface area is 147 Å². The van der Waals surface area contributed by atoms with Gasteiger partial charge in [-0.05, 0) is 44.9 Å². The highest BCUT2D eigenvalue weighted by atomic mass is 32.2. The molecule has 5 heteroatoms. The van der Waals surface area contributed by atoms with Gasteiger partial charge in [0.05, 0.1) is 22.4 Å². The monoisotopic (exact) mass is 343 g/mol. The quantitative estimate of drug-likeness (QED) is 0.833. The van der Waals surface area contributed by atoms with Gasteiger partial charge in [-0.25, -0.2) is 9.97 Å². The lowest BCUT2D eigenvalue weighted by Crippen LogP contribution is -2.26. The van der Waals surface area contributed by atoms with Crippen molar-refractivity contribution in [3.05, 3.63) is 35.2 Å². The highest BCUT2D eigenvalue weighted by Gasteiger charge is 2.13. The molecule has 0 aliphatic heterocycles. The summed E-state index contributed by atoms with van der Waals surface area (Å²) in [6, 6.07) is 5.54. The summed E-state index contributed by atoms with van der Waals surface area (Å²) in [6.45, 7) is 4.61. The molecule has 0 radical (unpaired) electrons. The number of hydrogen-bond acceptors (Lipinski definition) is 4. The van der Waals surface area contributed by atoms with E-state index >= 15 is 0 Å². The van der Waals surface area contributed by atoms with E-state index in [2.05, 4.69) is 15.3 Å². The third kappa shape index (κ3) is 4.26. The molecular weight excluding hydrogens is 318 g/mol. The fourth-order valence-electron chi connectivity index (χ4n) is 3.10. The summed E-state index contributed by atoms with van der Waals surface area (Å²) in [5.41, 5.74) is 4.11. The van der Waals surface area contributed by atoms with E-state index in [4.69, 9.17) is 0 Å². The Morgan fingerprint density at radius 1 is 1.12 bits per heavy atom. The summed E-state index contributed by atoms with van der Waals surface area (Å²) in [5.74, 6) is 0.961. The molecule has 24 heavy (non-hydrogen) atoms. The molecule has 1 aromatic carbocycles. The van der Waals surface area contributed by atoms with Crippen LogP contribution in [0.2, 0.25) is 0 Å². The van der Waals surface area contributed by atoms with Gasteiger partial charge in [0.15, 0.2) is 0 Å². The topological polar surface area (TPSA) is 54.9 Å². The molecule has 128 valence electrons. The lowest BCUT2D eigenvalue weighted by atomic mass is 10.0. The van der Waals surface area contributed by atoms with Crippen molar-refractivity contribution in [3.8, 4) is 0 Å². The summed E-state index contributed by atoms with van der Waals surface area (Å²) in [5, 5.41) is 3.81. The van der Waals surface area contributed by atoms with Crippen molar-refractivity contribution in [2.75, 3.05) is 12.3 Å². The van der Waals surface area contributed by atoms with Crippen molar-refractivity contribution in [1.29, 1.82) is 0 Å². The smallest absolute Gasteiger partial charge is 0.251 e. The van der Waals surface area contributed by atoms with E-state index in [1.54, 1.807) is 0 Å². The molecular formula is C19H25N3OS. The number of nitrogens with one attached hydrogen (secondary N) is 1. The van der Waals surface area contributed by atoms with Crippen LogP contribution in [0.25, 0.3) is 11.0 Å². The maximum Gasteiger partial charge on any atom is 0.251 e. The maximum absolute atomic E-state index is 12.3. The molecule has 0 saturated heterocycles. The van der Waals surface area contributed by atoms with Crippen molar-refractivity contribution in [2.45, 2.75) is 51.2 Å². The molecule has 1 fully saturated rings. The van der Waals surface area contributed by atoms with E-state index in [9.17, 15) is 4.79 Å². The Hall–Kier alpha value is -1.62. The SMILES string of the molecule is Cc1nc2ccc(C(=O)NCCSC3CCCCC3)cc2nc1C. The number of hydrogen-bond donors (Lipinski definition) is 1. The van der Waals surface area contributed by atoms with E-state index in [-0.39, 0.29) is 5.91 Å². The largest absolute Gasteiger partial charge is 0.351 e. The number of thioether (sulfide) groups is 1. The van der Waals surface area contributed by atoms with Gasteiger partial charge >= 0.3 is 0 Å². The number of fused-ring (bicyclic) bond motifs is 1. The fraction of sp³-hybridized carbons (Fsp3) is 0.526. The second-order valence-corrected chi connectivity index (χ2v) is 7.89. The summed E-state index contributed by atoms with van der Waals surface area (Å²) >= 11 is 2.00. The first-order chi connectivity index (χ1) is 11.6. The predicted octanol–water partition coefficient (Wildman–Crippen LogP) is 4.04. The molecule has 1 heterocycles. The van der Waals surface area contributed by atoms with Gasteiger partial charge in [-0.1, -0.05) is 19.3 Å². The van der Waals surface area contributed by atoms with Crippen LogP contribution in [0, 0.1) is 13.8 Å². The number of aryl methyl sites for hydroxylation is 2. The van der Waals surface area contributed by atoms with Crippen LogP contribution in [0.4, 0.5) is 0 Å². The number of nitrogens with zero attached hydrogens (tertiary/aromatic N) is 2. The van der Waals surface area contributed by atoms with Gasteiger partial charge in [-0.2, -0.15) is 11.8 Å². The standard InChI is InChI=1S/C19H25N3OS/c1-13-14(2)22-18-12-15(8-9-17(18)21-13)19(23)20-10-11-24-16-6-4-3-5-7-16/h8-9,12,16H,3-7,10-11H2,1-2H3,(H,20,23). The second kappa shape index (κ2) is 7.97. The Balaban J connectivity index is 1.54. The summed E-state index contributed by atoms with van der Waals surface area (Å²) in [7, 11) is 0. The number of amides is 1. The zero-order valence-corrected chi connectivity index (χ0v) is 15.3. The van der Waals surface area contributed by atoms with Crippen LogP contribution in [0.1, 0.15) is 53.8 Å². The van der Waals surface area contributed by atoms with Crippen LogP contribution < -0.4 is 5.32 Å². The number of carbonyl (C=O) groups excluding carboxylic acids is 1. The van der Waals surface area contributed by atoms with Crippen molar-refractivity contribution in [1.82, 2.24) is 15.3 Å². The highest BCUT2D eigenvalue weighted by Crippen LogP contribution is 2.27. The zero-order chi connectivity index (χ0) is 16.9. The van der Waals surface area contributed by atoms with Crippen LogP contribution in [0.3, 0.4) is 0 Å². The second-order valence-electron chi connectivity index (χ2n) is 6.48. The average Bonchev–Trinajstić information content (AvgIpc) is 2.60. The number of carbonyl (C=O) groups is 1. The van der Waals surface area contributed by atoms with Crippen LogP contribution >= 0.6 is 11.8 Å². The lowest BCUT2D eigenvalue weighted by Gasteiger charge is -2.20. The molecule has 2 aromatic rings. The summed E-state index contributed by atoms with van der Waals surface area (Å²) in [4.78, 5) is 21.4. The number of rotatable bonds is 5. The Bertz CT molecular complexity index is 726. The van der Waals surface area contributed by atoms with Crippen LogP contribution in [-0.4, -0.2) is 33.4 Å². The minimum Gasteiger partial charge on any atom is -0.351 e. The van der Waals surface area contributed by atoms with Crippen molar-refractivity contribution in [2.24, 2.45) is 0 Å². The molecule has 0 atom stereocenters. The van der Waals surface area contributed by atoms with Crippen LogP contribution in [0.5, 0.6) is 0 Å². The van der Waals surface area contributed by atoms with Gasteiger partial charge < -0.3 is 5.32 Å². The van der Waals surface area contributed by atoms with Crippen molar-refractivity contribution < 1.29 is 4.79 Å².